The fraction of sp³-hybridized carbons (Fsp3) is 0.857. The Hall–Kier alpha value is 0.0300. The zero-order chi connectivity index (χ0) is 11.5. The van der Waals surface area contributed by atoms with E-state index in [2.05, 4.69) is 33.8 Å². The average molecular weight is 229 g/mol. The van der Waals surface area contributed by atoms with Gasteiger partial charge in [0.25, 0.3) is 0 Å². The summed E-state index contributed by atoms with van der Waals surface area (Å²) in [5.41, 5.74) is 2.00. The number of hydrogen-bond acceptors (Lipinski definition) is 0. The van der Waals surface area contributed by atoms with Crippen LogP contribution in [0, 0.1) is 11.3 Å². The third-order valence-corrected chi connectivity index (χ3v) is 3.43. The van der Waals surface area contributed by atoms with Crippen LogP contribution in [0.2, 0.25) is 0 Å². The molecule has 0 amide bonds. The van der Waals surface area contributed by atoms with Crippen LogP contribution in [0.4, 0.5) is 0 Å². The van der Waals surface area contributed by atoms with Crippen molar-refractivity contribution in [3.63, 3.8) is 0 Å². The van der Waals surface area contributed by atoms with Crippen molar-refractivity contribution in [1.82, 2.24) is 0 Å². The first-order valence-electron chi connectivity index (χ1n) is 6.23. The zero-order valence-electron chi connectivity index (χ0n) is 10.6. The lowest BCUT2D eigenvalue weighted by Crippen LogP contribution is -2.22. The van der Waals surface area contributed by atoms with Gasteiger partial charge in [-0.25, -0.2) is 0 Å². The highest BCUT2D eigenvalue weighted by atomic mass is 35.5. The number of halogens is 1. The van der Waals surface area contributed by atoms with Gasteiger partial charge in [-0.05, 0) is 37.0 Å². The maximum Gasteiger partial charge on any atom is 0.0523 e. The van der Waals surface area contributed by atoms with Gasteiger partial charge in [0, 0.05) is 0 Å². The lowest BCUT2D eigenvalue weighted by molar-refractivity contribution is 0.317. The summed E-state index contributed by atoms with van der Waals surface area (Å²) in [6, 6.07) is 0. The van der Waals surface area contributed by atoms with Gasteiger partial charge in [-0.15, -0.1) is 11.6 Å². The Bertz CT molecular complexity index is 225. The molecule has 1 heteroatoms. The Labute approximate surface area is 100 Å². The molecule has 0 bridgehead atoms. The first kappa shape index (κ1) is 13.1. The maximum absolute atomic E-state index is 6.26. The first-order chi connectivity index (χ1) is 6.89. The van der Waals surface area contributed by atoms with Crippen LogP contribution in [0.1, 0.15) is 59.8 Å². The molecule has 0 nitrogen and oxygen atoms in total. The third kappa shape index (κ3) is 5.06. The van der Waals surface area contributed by atoms with E-state index in [-0.39, 0.29) is 5.38 Å². The van der Waals surface area contributed by atoms with Crippen LogP contribution in [0.15, 0.2) is 11.6 Å². The number of allylic oxidation sites excluding steroid dienone is 2. The molecule has 0 fully saturated rings. The van der Waals surface area contributed by atoms with Crippen LogP contribution in [0.5, 0.6) is 0 Å². The molecule has 0 N–H and O–H groups in total. The summed E-state index contributed by atoms with van der Waals surface area (Å²) >= 11 is 6.26. The molecule has 0 spiro atoms. The van der Waals surface area contributed by atoms with E-state index in [4.69, 9.17) is 11.6 Å². The van der Waals surface area contributed by atoms with Crippen molar-refractivity contribution in [2.24, 2.45) is 11.3 Å². The van der Waals surface area contributed by atoms with E-state index in [1.165, 1.54) is 25.7 Å². The van der Waals surface area contributed by atoms with Gasteiger partial charge in [-0.3, -0.25) is 0 Å². The van der Waals surface area contributed by atoms with Gasteiger partial charge in [-0.2, -0.15) is 0 Å². The van der Waals surface area contributed by atoms with E-state index in [9.17, 15) is 0 Å². The van der Waals surface area contributed by atoms with Gasteiger partial charge in [-0.1, -0.05) is 45.8 Å². The van der Waals surface area contributed by atoms with Gasteiger partial charge < -0.3 is 0 Å². The smallest absolute Gasteiger partial charge is 0.0523 e. The van der Waals surface area contributed by atoms with Gasteiger partial charge in [0.1, 0.15) is 0 Å². The van der Waals surface area contributed by atoms with Gasteiger partial charge >= 0.3 is 0 Å². The predicted octanol–water partition coefficient (Wildman–Crippen LogP) is 5.17. The molecular formula is C14H25Cl. The summed E-state index contributed by atoms with van der Waals surface area (Å²) < 4.78 is 0. The van der Waals surface area contributed by atoms with E-state index < -0.39 is 0 Å². The normalized spacial score (nSPS) is 25.5. The summed E-state index contributed by atoms with van der Waals surface area (Å²) in [7, 11) is 0. The molecule has 1 atom stereocenters. The quantitative estimate of drug-likeness (QED) is 0.460. The molecule has 88 valence electrons. The molecule has 0 aromatic carbocycles. The SMILES string of the molecule is CC(C)CCCC1=CC(Cl)CC(C)(C)C1. The lowest BCUT2D eigenvalue weighted by atomic mass is 9.76. The fourth-order valence-corrected chi connectivity index (χ4v) is 3.09. The molecule has 0 saturated carbocycles. The second-order valence-electron chi connectivity index (χ2n) is 6.17. The van der Waals surface area contributed by atoms with Crippen LogP contribution in [0.25, 0.3) is 0 Å². The van der Waals surface area contributed by atoms with Crippen molar-refractivity contribution in [1.29, 1.82) is 0 Å². The van der Waals surface area contributed by atoms with E-state index in [1.54, 1.807) is 5.57 Å². The van der Waals surface area contributed by atoms with Crippen LogP contribution in [-0.2, 0) is 0 Å². The molecule has 0 aliphatic heterocycles. The molecule has 1 unspecified atom stereocenters. The summed E-state index contributed by atoms with van der Waals surface area (Å²) in [4.78, 5) is 0. The number of alkyl halides is 1. The second kappa shape index (κ2) is 5.39. The molecule has 0 saturated heterocycles. The van der Waals surface area contributed by atoms with Crippen molar-refractivity contribution in [2.75, 3.05) is 0 Å². The Morgan fingerprint density at radius 2 is 2.13 bits per heavy atom. The maximum atomic E-state index is 6.26. The van der Waals surface area contributed by atoms with E-state index in [0.29, 0.717) is 5.41 Å². The monoisotopic (exact) mass is 228 g/mol. The third-order valence-electron chi connectivity index (χ3n) is 3.15. The molecule has 0 aromatic rings. The minimum Gasteiger partial charge on any atom is -0.118 e. The Kier molecular flexibility index (Phi) is 4.70. The molecule has 0 aromatic heterocycles. The lowest BCUT2D eigenvalue weighted by Gasteiger charge is -2.32. The Balaban J connectivity index is 2.41. The van der Waals surface area contributed by atoms with Crippen molar-refractivity contribution >= 4 is 11.6 Å². The topological polar surface area (TPSA) is 0 Å². The van der Waals surface area contributed by atoms with Gasteiger partial charge in [0.05, 0.1) is 5.38 Å². The van der Waals surface area contributed by atoms with Crippen molar-refractivity contribution in [2.45, 2.75) is 65.2 Å². The van der Waals surface area contributed by atoms with Crippen molar-refractivity contribution in [3.05, 3.63) is 11.6 Å². The highest BCUT2D eigenvalue weighted by Gasteiger charge is 2.27. The average Bonchev–Trinajstić information content (AvgIpc) is 1.98. The van der Waals surface area contributed by atoms with Gasteiger partial charge in [0.15, 0.2) is 0 Å². The van der Waals surface area contributed by atoms with E-state index in [0.717, 1.165) is 12.3 Å². The molecule has 0 heterocycles. The van der Waals surface area contributed by atoms with Crippen molar-refractivity contribution < 1.29 is 0 Å². The summed E-state index contributed by atoms with van der Waals surface area (Å²) in [6.45, 7) is 9.25. The zero-order valence-corrected chi connectivity index (χ0v) is 11.4. The minimum absolute atomic E-state index is 0.266. The fourth-order valence-electron chi connectivity index (χ4n) is 2.50. The van der Waals surface area contributed by atoms with Gasteiger partial charge in [0.2, 0.25) is 0 Å². The van der Waals surface area contributed by atoms with Crippen molar-refractivity contribution in [3.8, 4) is 0 Å². The summed E-state index contributed by atoms with van der Waals surface area (Å²) in [5, 5.41) is 0.266. The van der Waals surface area contributed by atoms with Crippen LogP contribution < -0.4 is 0 Å². The Morgan fingerprint density at radius 1 is 1.47 bits per heavy atom. The molecule has 1 rings (SSSR count). The first-order valence-corrected chi connectivity index (χ1v) is 6.66. The Morgan fingerprint density at radius 3 is 2.67 bits per heavy atom. The highest BCUT2D eigenvalue weighted by molar-refractivity contribution is 6.21. The molecule has 1 aliphatic carbocycles. The predicted molar refractivity (Wildman–Crippen MR) is 69.4 cm³/mol. The largest absolute Gasteiger partial charge is 0.118 e. The standard InChI is InChI=1S/C14H25Cl/c1-11(2)6-5-7-12-8-13(15)10-14(3,4)9-12/h8,11,13H,5-7,9-10H2,1-4H3. The number of hydrogen-bond donors (Lipinski definition) is 0. The highest BCUT2D eigenvalue weighted by Crippen LogP contribution is 2.38. The molecule has 1 aliphatic rings. The second-order valence-corrected chi connectivity index (χ2v) is 6.73. The van der Waals surface area contributed by atoms with Crippen LogP contribution in [-0.4, -0.2) is 5.38 Å². The van der Waals surface area contributed by atoms with E-state index in [1.807, 2.05) is 0 Å². The van der Waals surface area contributed by atoms with E-state index >= 15 is 0 Å². The van der Waals surface area contributed by atoms with Crippen LogP contribution >= 0.6 is 11.6 Å². The van der Waals surface area contributed by atoms with Crippen LogP contribution in [0.3, 0.4) is 0 Å². The number of rotatable bonds is 4. The summed E-state index contributed by atoms with van der Waals surface area (Å²) in [6.07, 6.45) is 8.59. The minimum atomic E-state index is 0.266. The molecular weight excluding hydrogens is 204 g/mol. The molecule has 15 heavy (non-hydrogen) atoms. The summed E-state index contributed by atoms with van der Waals surface area (Å²) in [5.74, 6) is 0.828. The molecule has 0 radical (unpaired) electrons.